The fraction of sp³-hybridized carbons (Fsp3) is 0.435. The summed E-state index contributed by atoms with van der Waals surface area (Å²) >= 11 is 6.11. The molecule has 0 saturated carbocycles. The number of carbonyl (C=O) groups is 1. The lowest BCUT2D eigenvalue weighted by Crippen LogP contribution is -2.50. The minimum Gasteiger partial charge on any atom is -0.491 e. The number of piperazine rings is 1. The molecule has 2 aromatic rings. The molecule has 0 spiro atoms. The number of hydrogen-bond donors (Lipinski definition) is 1. The van der Waals surface area contributed by atoms with E-state index in [1.165, 1.54) is 6.92 Å². The smallest absolute Gasteiger partial charge is 0.159 e. The molecule has 0 unspecified atom stereocenters. The van der Waals surface area contributed by atoms with Gasteiger partial charge in [0.25, 0.3) is 0 Å². The van der Waals surface area contributed by atoms with Crippen LogP contribution in [0.1, 0.15) is 17.3 Å². The van der Waals surface area contributed by atoms with Crippen molar-refractivity contribution in [3.63, 3.8) is 0 Å². The summed E-state index contributed by atoms with van der Waals surface area (Å²) in [7, 11) is 0. The number of β-amino-alcohol motifs (C(OH)–C–C–N with tert-alkyl or cyclic N) is 1. The van der Waals surface area contributed by atoms with Crippen molar-refractivity contribution in [3.05, 3.63) is 59.1 Å². The number of hydrogen-bond acceptors (Lipinski definition) is 6. The van der Waals surface area contributed by atoms with Gasteiger partial charge in [0.2, 0.25) is 0 Å². The third-order valence-corrected chi connectivity index (χ3v) is 5.43. The second-order valence-corrected chi connectivity index (χ2v) is 7.88. The van der Waals surface area contributed by atoms with Crippen LogP contribution in [0, 0.1) is 0 Å². The standard InChI is InChI=1S/C23H29ClN2O4/c1-18(27)19-5-4-6-21(15-19)30-17-20(28)16-26-11-9-25(10-12-26)13-14-29-23-8-3-2-7-22(23)24/h2-8,15,20,28H,9-14,16-17H2,1H3/t20-/m1/s1. The molecule has 1 fully saturated rings. The van der Waals surface area contributed by atoms with Gasteiger partial charge in [-0.25, -0.2) is 0 Å². The summed E-state index contributed by atoms with van der Waals surface area (Å²) in [6.07, 6.45) is -0.582. The van der Waals surface area contributed by atoms with Crippen LogP contribution >= 0.6 is 11.6 Å². The van der Waals surface area contributed by atoms with Crippen LogP contribution in [0.3, 0.4) is 0 Å². The molecule has 6 nitrogen and oxygen atoms in total. The lowest BCUT2D eigenvalue weighted by molar-refractivity contribution is 0.0436. The second kappa shape index (κ2) is 11.3. The van der Waals surface area contributed by atoms with Gasteiger partial charge in [-0.05, 0) is 31.2 Å². The third-order valence-electron chi connectivity index (χ3n) is 5.12. The van der Waals surface area contributed by atoms with E-state index < -0.39 is 6.10 Å². The first-order chi connectivity index (χ1) is 14.5. The van der Waals surface area contributed by atoms with Crippen LogP contribution in [0.25, 0.3) is 0 Å². The van der Waals surface area contributed by atoms with Crippen molar-refractivity contribution >= 4 is 17.4 Å². The quantitative estimate of drug-likeness (QED) is 0.582. The van der Waals surface area contributed by atoms with Crippen molar-refractivity contribution in [2.45, 2.75) is 13.0 Å². The zero-order valence-electron chi connectivity index (χ0n) is 17.3. The van der Waals surface area contributed by atoms with E-state index >= 15 is 0 Å². The van der Waals surface area contributed by atoms with Crippen molar-refractivity contribution in [2.24, 2.45) is 0 Å². The summed E-state index contributed by atoms with van der Waals surface area (Å²) in [5, 5.41) is 11.0. The van der Waals surface area contributed by atoms with Crippen LogP contribution in [0.5, 0.6) is 11.5 Å². The lowest BCUT2D eigenvalue weighted by Gasteiger charge is -2.35. The largest absolute Gasteiger partial charge is 0.491 e. The lowest BCUT2D eigenvalue weighted by atomic mass is 10.1. The Morgan fingerprint density at radius 2 is 1.80 bits per heavy atom. The van der Waals surface area contributed by atoms with E-state index in [9.17, 15) is 9.90 Å². The maximum absolute atomic E-state index is 11.4. The van der Waals surface area contributed by atoms with Crippen LogP contribution in [-0.2, 0) is 0 Å². The number of ketones is 1. The van der Waals surface area contributed by atoms with Gasteiger partial charge in [0.1, 0.15) is 30.8 Å². The predicted molar refractivity (Wildman–Crippen MR) is 118 cm³/mol. The molecule has 0 aliphatic carbocycles. The van der Waals surface area contributed by atoms with Crippen molar-refractivity contribution in [1.29, 1.82) is 0 Å². The first-order valence-electron chi connectivity index (χ1n) is 10.2. The topological polar surface area (TPSA) is 62.2 Å². The van der Waals surface area contributed by atoms with E-state index in [4.69, 9.17) is 21.1 Å². The molecule has 162 valence electrons. The minimum atomic E-state index is -0.582. The molecule has 0 radical (unpaired) electrons. The number of halogens is 1. The van der Waals surface area contributed by atoms with Gasteiger partial charge in [0, 0.05) is 44.8 Å². The van der Waals surface area contributed by atoms with E-state index in [1.807, 2.05) is 24.3 Å². The van der Waals surface area contributed by atoms with Crippen molar-refractivity contribution < 1.29 is 19.4 Å². The van der Waals surface area contributed by atoms with Gasteiger partial charge in [0.05, 0.1) is 5.02 Å². The van der Waals surface area contributed by atoms with Crippen LogP contribution in [0.4, 0.5) is 0 Å². The normalized spacial score (nSPS) is 16.2. The van der Waals surface area contributed by atoms with Gasteiger partial charge in [-0.3, -0.25) is 14.6 Å². The third kappa shape index (κ3) is 6.99. The Morgan fingerprint density at radius 3 is 2.53 bits per heavy atom. The minimum absolute atomic E-state index is 0.00358. The van der Waals surface area contributed by atoms with Gasteiger partial charge in [-0.1, -0.05) is 35.9 Å². The maximum atomic E-state index is 11.4. The molecule has 1 aliphatic rings. The Kier molecular flexibility index (Phi) is 8.51. The van der Waals surface area contributed by atoms with E-state index in [-0.39, 0.29) is 12.4 Å². The van der Waals surface area contributed by atoms with Gasteiger partial charge < -0.3 is 14.6 Å². The second-order valence-electron chi connectivity index (χ2n) is 7.47. The van der Waals surface area contributed by atoms with Crippen LogP contribution < -0.4 is 9.47 Å². The highest BCUT2D eigenvalue weighted by Crippen LogP contribution is 2.23. The zero-order chi connectivity index (χ0) is 21.3. The maximum Gasteiger partial charge on any atom is 0.159 e. The number of aliphatic hydroxyl groups is 1. The van der Waals surface area contributed by atoms with Gasteiger partial charge in [-0.2, -0.15) is 0 Å². The van der Waals surface area contributed by atoms with Crippen molar-refractivity contribution in [1.82, 2.24) is 9.80 Å². The summed E-state index contributed by atoms with van der Waals surface area (Å²) in [6.45, 7) is 7.38. The molecule has 30 heavy (non-hydrogen) atoms. The fourth-order valence-corrected chi connectivity index (χ4v) is 3.58. The predicted octanol–water partition coefficient (Wildman–Crippen LogP) is 2.98. The fourth-order valence-electron chi connectivity index (χ4n) is 3.39. The van der Waals surface area contributed by atoms with Crippen LogP contribution in [-0.4, -0.2) is 79.3 Å². The highest BCUT2D eigenvalue weighted by atomic mass is 35.5. The number of ether oxygens (including phenoxy) is 2. The summed E-state index contributed by atoms with van der Waals surface area (Å²) < 4.78 is 11.4. The molecule has 0 aromatic heterocycles. The number of rotatable bonds is 10. The Bertz CT molecular complexity index is 824. The molecule has 1 atom stereocenters. The van der Waals surface area contributed by atoms with Crippen molar-refractivity contribution in [2.75, 3.05) is 52.5 Å². The van der Waals surface area contributed by atoms with Crippen LogP contribution in [0.15, 0.2) is 48.5 Å². The first kappa shape index (κ1) is 22.6. The molecule has 7 heteroatoms. The molecule has 0 amide bonds. The zero-order valence-corrected chi connectivity index (χ0v) is 18.1. The summed E-state index contributed by atoms with van der Waals surface area (Å²) in [4.78, 5) is 16.0. The number of Topliss-reactive ketones (excluding diaryl/α,β-unsaturated/α-hetero) is 1. The van der Waals surface area contributed by atoms with Gasteiger partial charge in [-0.15, -0.1) is 0 Å². The molecule has 2 aromatic carbocycles. The monoisotopic (exact) mass is 432 g/mol. The molecule has 0 bridgehead atoms. The summed E-state index contributed by atoms with van der Waals surface area (Å²) in [5.74, 6) is 1.32. The highest BCUT2D eigenvalue weighted by molar-refractivity contribution is 6.32. The molecule has 1 N–H and O–H groups in total. The Morgan fingerprint density at radius 1 is 1.07 bits per heavy atom. The highest BCUT2D eigenvalue weighted by Gasteiger charge is 2.19. The van der Waals surface area contributed by atoms with Gasteiger partial charge in [0.15, 0.2) is 5.78 Å². The molecule has 1 heterocycles. The number of benzene rings is 2. The molecule has 1 aliphatic heterocycles. The van der Waals surface area contributed by atoms with E-state index in [2.05, 4.69) is 9.80 Å². The molecule has 1 saturated heterocycles. The number of carbonyl (C=O) groups excluding carboxylic acids is 1. The molecular formula is C23H29ClN2O4. The summed E-state index contributed by atoms with van der Waals surface area (Å²) in [6, 6.07) is 14.5. The average molecular weight is 433 g/mol. The van der Waals surface area contributed by atoms with E-state index in [0.29, 0.717) is 29.5 Å². The number of aliphatic hydroxyl groups excluding tert-OH is 1. The number of para-hydroxylation sites is 1. The Hall–Kier alpha value is -2.12. The SMILES string of the molecule is CC(=O)c1cccc(OC[C@H](O)CN2CCN(CCOc3ccccc3Cl)CC2)c1. The Labute approximate surface area is 183 Å². The van der Waals surface area contributed by atoms with Crippen molar-refractivity contribution in [3.8, 4) is 11.5 Å². The number of nitrogens with zero attached hydrogens (tertiary/aromatic N) is 2. The first-order valence-corrected chi connectivity index (χ1v) is 10.6. The van der Waals surface area contributed by atoms with E-state index in [0.717, 1.165) is 38.5 Å². The van der Waals surface area contributed by atoms with Crippen LogP contribution in [0.2, 0.25) is 5.02 Å². The molecule has 3 rings (SSSR count). The Balaban J connectivity index is 1.32. The summed E-state index contributed by atoms with van der Waals surface area (Å²) in [5.41, 5.74) is 0.608. The average Bonchev–Trinajstić information content (AvgIpc) is 2.75. The van der Waals surface area contributed by atoms with E-state index in [1.54, 1.807) is 24.3 Å². The molecular weight excluding hydrogens is 404 g/mol. The van der Waals surface area contributed by atoms with Gasteiger partial charge >= 0.3 is 0 Å².